The van der Waals surface area contributed by atoms with Crippen LogP contribution >= 0.6 is 0 Å². The topological polar surface area (TPSA) is 62.3 Å². The van der Waals surface area contributed by atoms with Gasteiger partial charge >= 0.3 is 0 Å². The first kappa shape index (κ1) is 16.3. The average molecular weight is 323 g/mol. The molecule has 0 fully saturated rings. The van der Waals surface area contributed by atoms with Crippen LogP contribution in [-0.2, 0) is 0 Å². The lowest BCUT2D eigenvalue weighted by Crippen LogP contribution is -2.49. The third kappa shape index (κ3) is 2.95. The van der Waals surface area contributed by atoms with Gasteiger partial charge in [-0.3, -0.25) is 24.8 Å². The number of imide groups is 1. The van der Waals surface area contributed by atoms with Gasteiger partial charge in [-0.15, -0.1) is 0 Å². The molecule has 0 spiro atoms. The Kier molecular flexibility index (Phi) is 4.71. The highest BCUT2D eigenvalue weighted by atomic mass is 16.2. The number of fused-ring (bicyclic) bond motifs is 1. The highest BCUT2D eigenvalue weighted by molar-refractivity contribution is 6.21. The van der Waals surface area contributed by atoms with Gasteiger partial charge in [0.1, 0.15) is 0 Å². The summed E-state index contributed by atoms with van der Waals surface area (Å²) < 4.78 is 0. The third-order valence-electron chi connectivity index (χ3n) is 4.27. The molecule has 0 saturated carbocycles. The fourth-order valence-electron chi connectivity index (χ4n) is 3.06. The molecule has 5 nitrogen and oxygen atoms in total. The summed E-state index contributed by atoms with van der Waals surface area (Å²) in [6.07, 6.45) is 2.95. The molecular weight excluding hydrogens is 302 g/mol. The second-order valence-corrected chi connectivity index (χ2v) is 5.97. The van der Waals surface area contributed by atoms with Crippen molar-refractivity contribution in [3.63, 3.8) is 0 Å². The summed E-state index contributed by atoms with van der Waals surface area (Å²) in [6.45, 7) is 4.03. The third-order valence-corrected chi connectivity index (χ3v) is 4.27. The number of pyridine rings is 1. The van der Waals surface area contributed by atoms with Crippen LogP contribution in [0.4, 0.5) is 0 Å². The van der Waals surface area contributed by atoms with Gasteiger partial charge in [0.15, 0.2) is 0 Å². The summed E-state index contributed by atoms with van der Waals surface area (Å²) in [5.74, 6) is -0.454. The van der Waals surface area contributed by atoms with Crippen molar-refractivity contribution in [1.82, 2.24) is 15.2 Å². The zero-order chi connectivity index (χ0) is 17.1. The fourth-order valence-corrected chi connectivity index (χ4v) is 3.06. The van der Waals surface area contributed by atoms with E-state index in [2.05, 4.69) is 10.3 Å². The van der Waals surface area contributed by atoms with Crippen molar-refractivity contribution in [2.75, 3.05) is 0 Å². The monoisotopic (exact) mass is 323 g/mol. The van der Waals surface area contributed by atoms with Crippen LogP contribution in [0.3, 0.4) is 0 Å². The lowest BCUT2D eigenvalue weighted by atomic mass is 10.1. The fraction of sp³-hybridized carbons (Fsp3) is 0.316. The maximum atomic E-state index is 12.7. The zero-order valence-corrected chi connectivity index (χ0v) is 13.9. The molecule has 2 atom stereocenters. The van der Waals surface area contributed by atoms with Crippen LogP contribution in [0.1, 0.15) is 59.1 Å². The van der Waals surface area contributed by atoms with E-state index in [0.717, 1.165) is 12.1 Å². The van der Waals surface area contributed by atoms with Crippen LogP contribution < -0.4 is 5.32 Å². The van der Waals surface area contributed by atoms with Crippen molar-refractivity contribution in [3.05, 3.63) is 65.5 Å². The van der Waals surface area contributed by atoms with Gasteiger partial charge < -0.3 is 0 Å². The van der Waals surface area contributed by atoms with Gasteiger partial charge in [0.2, 0.25) is 0 Å². The SMILES string of the molecule is CCCC(NC(C)c1ccccn1)N1C(=O)c2ccccc2C1=O. The minimum Gasteiger partial charge on any atom is -0.289 e. The Morgan fingerprint density at radius 1 is 1.04 bits per heavy atom. The van der Waals surface area contributed by atoms with E-state index in [1.807, 2.05) is 32.0 Å². The Balaban J connectivity index is 1.84. The lowest BCUT2D eigenvalue weighted by Gasteiger charge is -2.29. The first-order valence-corrected chi connectivity index (χ1v) is 8.27. The molecule has 1 N–H and O–H groups in total. The normalized spacial score (nSPS) is 16.2. The summed E-state index contributed by atoms with van der Waals surface area (Å²) >= 11 is 0. The minimum absolute atomic E-state index is 0.0629. The van der Waals surface area contributed by atoms with Crippen LogP contribution in [0.5, 0.6) is 0 Å². The Labute approximate surface area is 141 Å². The number of hydrogen-bond acceptors (Lipinski definition) is 4. The molecule has 0 bridgehead atoms. The van der Waals surface area contributed by atoms with E-state index < -0.39 is 0 Å². The Morgan fingerprint density at radius 2 is 1.67 bits per heavy atom. The van der Waals surface area contributed by atoms with Crippen molar-refractivity contribution in [1.29, 1.82) is 0 Å². The van der Waals surface area contributed by atoms with Crippen molar-refractivity contribution in [2.24, 2.45) is 0 Å². The molecule has 2 aromatic rings. The van der Waals surface area contributed by atoms with Gasteiger partial charge in [0.05, 0.1) is 23.0 Å². The Hall–Kier alpha value is -2.53. The van der Waals surface area contributed by atoms with E-state index in [9.17, 15) is 9.59 Å². The number of benzene rings is 1. The molecule has 3 rings (SSSR count). The van der Waals surface area contributed by atoms with Gasteiger partial charge in [-0.1, -0.05) is 31.5 Å². The molecule has 0 aliphatic carbocycles. The predicted molar refractivity (Wildman–Crippen MR) is 91.4 cm³/mol. The first-order chi connectivity index (χ1) is 11.6. The molecule has 5 heteroatoms. The van der Waals surface area contributed by atoms with E-state index >= 15 is 0 Å². The Bertz CT molecular complexity index is 710. The van der Waals surface area contributed by atoms with Crippen LogP contribution in [0.25, 0.3) is 0 Å². The van der Waals surface area contributed by atoms with Crippen LogP contribution in [0.15, 0.2) is 48.7 Å². The van der Waals surface area contributed by atoms with Gasteiger partial charge in [-0.25, -0.2) is 0 Å². The standard InChI is InChI=1S/C19H21N3O2/c1-3-8-17(21-13(2)16-11-6-7-12-20-16)22-18(23)14-9-4-5-10-15(14)19(22)24/h4-7,9-13,17,21H,3,8H2,1-2H3. The van der Waals surface area contributed by atoms with E-state index in [-0.39, 0.29) is 24.0 Å². The van der Waals surface area contributed by atoms with Gasteiger partial charge in [0.25, 0.3) is 11.8 Å². The molecule has 0 saturated heterocycles. The maximum Gasteiger partial charge on any atom is 0.262 e. The molecular formula is C19H21N3O2. The average Bonchev–Trinajstić information content (AvgIpc) is 2.87. The van der Waals surface area contributed by atoms with Crippen molar-refractivity contribution < 1.29 is 9.59 Å². The van der Waals surface area contributed by atoms with Crippen LogP contribution in [0, 0.1) is 0 Å². The number of carbonyl (C=O) groups is 2. The molecule has 24 heavy (non-hydrogen) atoms. The Morgan fingerprint density at radius 3 is 2.21 bits per heavy atom. The van der Waals surface area contributed by atoms with Crippen molar-refractivity contribution in [2.45, 2.75) is 38.9 Å². The molecule has 2 heterocycles. The number of amides is 2. The maximum absolute atomic E-state index is 12.7. The molecule has 2 unspecified atom stereocenters. The number of nitrogens with one attached hydrogen (secondary N) is 1. The number of aromatic nitrogens is 1. The molecule has 124 valence electrons. The summed E-state index contributed by atoms with van der Waals surface area (Å²) in [5, 5.41) is 3.39. The second-order valence-electron chi connectivity index (χ2n) is 5.97. The number of rotatable bonds is 6. The lowest BCUT2D eigenvalue weighted by molar-refractivity contribution is 0.0530. The molecule has 1 aromatic carbocycles. The summed E-state index contributed by atoms with van der Waals surface area (Å²) in [7, 11) is 0. The smallest absolute Gasteiger partial charge is 0.262 e. The van der Waals surface area contributed by atoms with E-state index in [4.69, 9.17) is 0 Å². The van der Waals surface area contributed by atoms with Crippen molar-refractivity contribution >= 4 is 11.8 Å². The van der Waals surface area contributed by atoms with E-state index in [0.29, 0.717) is 17.5 Å². The van der Waals surface area contributed by atoms with Gasteiger partial charge in [0, 0.05) is 12.2 Å². The number of hydrogen-bond donors (Lipinski definition) is 1. The minimum atomic E-state index is -0.348. The molecule has 1 aromatic heterocycles. The quantitative estimate of drug-likeness (QED) is 0.830. The summed E-state index contributed by atoms with van der Waals surface area (Å²) in [5.41, 5.74) is 1.85. The van der Waals surface area contributed by atoms with Gasteiger partial charge in [-0.2, -0.15) is 0 Å². The molecule has 0 radical (unpaired) electrons. The van der Waals surface area contributed by atoms with E-state index in [1.165, 1.54) is 4.90 Å². The number of nitrogens with zero attached hydrogens (tertiary/aromatic N) is 2. The van der Waals surface area contributed by atoms with Crippen LogP contribution in [0.2, 0.25) is 0 Å². The molecule has 1 aliphatic heterocycles. The summed E-state index contributed by atoms with van der Waals surface area (Å²) in [6, 6.07) is 12.6. The van der Waals surface area contributed by atoms with Gasteiger partial charge in [-0.05, 0) is 37.6 Å². The molecule has 1 aliphatic rings. The number of carbonyl (C=O) groups excluding carboxylic acids is 2. The van der Waals surface area contributed by atoms with Crippen molar-refractivity contribution in [3.8, 4) is 0 Å². The first-order valence-electron chi connectivity index (χ1n) is 8.27. The largest absolute Gasteiger partial charge is 0.289 e. The zero-order valence-electron chi connectivity index (χ0n) is 13.9. The predicted octanol–water partition coefficient (Wildman–Crippen LogP) is 3.15. The highest BCUT2D eigenvalue weighted by Gasteiger charge is 2.39. The highest BCUT2D eigenvalue weighted by Crippen LogP contribution is 2.26. The summed E-state index contributed by atoms with van der Waals surface area (Å²) in [4.78, 5) is 31.1. The second kappa shape index (κ2) is 6.93. The van der Waals surface area contributed by atoms with E-state index in [1.54, 1.807) is 30.5 Å². The van der Waals surface area contributed by atoms with Crippen LogP contribution in [-0.4, -0.2) is 27.9 Å². The molecule has 2 amide bonds.